The van der Waals surface area contributed by atoms with Gasteiger partial charge in [-0.05, 0) is 24.5 Å². The number of carboxylic acids is 1. The molecule has 1 unspecified atom stereocenters. The number of carbonyl (C=O) groups is 2. The topological polar surface area (TPSA) is 66.8 Å². The van der Waals surface area contributed by atoms with E-state index in [4.69, 9.17) is 21.4 Å². The highest BCUT2D eigenvalue weighted by molar-refractivity contribution is 6.31. The van der Waals surface area contributed by atoms with E-state index in [1.54, 1.807) is 20.0 Å². The Labute approximate surface area is 141 Å². The van der Waals surface area contributed by atoms with Crippen LogP contribution in [0.1, 0.15) is 25.3 Å². The molecule has 1 N–H and O–H groups in total. The van der Waals surface area contributed by atoms with Crippen molar-refractivity contribution in [3.05, 3.63) is 34.9 Å². The lowest BCUT2D eigenvalue weighted by atomic mass is 9.73. The van der Waals surface area contributed by atoms with Crippen LogP contribution in [0.3, 0.4) is 0 Å². The van der Waals surface area contributed by atoms with Crippen LogP contribution in [0, 0.1) is 5.92 Å². The Bertz CT molecular complexity index is 584. The summed E-state index contributed by atoms with van der Waals surface area (Å²) in [5, 5.41) is 9.63. The standard InChI is InChI=1S/C17H22ClNO4/c1-12(15(20)21)11-19(2)16(22)17(7-9-23-10-8-17)13-5-3-4-6-14(13)18/h3-6,12H,7-11H2,1-2H3,(H,20,21). The molecular weight excluding hydrogens is 318 g/mol. The normalized spacial score (nSPS) is 18.2. The largest absolute Gasteiger partial charge is 0.481 e. The summed E-state index contributed by atoms with van der Waals surface area (Å²) >= 11 is 6.35. The molecule has 1 fully saturated rings. The number of nitrogens with zero attached hydrogens (tertiary/aromatic N) is 1. The second kappa shape index (κ2) is 7.32. The zero-order chi connectivity index (χ0) is 17.0. The van der Waals surface area contributed by atoms with Crippen molar-refractivity contribution in [3.8, 4) is 0 Å². The molecule has 1 aliphatic heterocycles. The minimum absolute atomic E-state index is 0.0954. The number of hydrogen-bond acceptors (Lipinski definition) is 3. The Morgan fingerprint density at radius 3 is 2.52 bits per heavy atom. The van der Waals surface area contributed by atoms with E-state index >= 15 is 0 Å². The second-order valence-electron chi connectivity index (χ2n) is 6.10. The summed E-state index contributed by atoms with van der Waals surface area (Å²) in [4.78, 5) is 25.7. The summed E-state index contributed by atoms with van der Waals surface area (Å²) in [7, 11) is 1.65. The van der Waals surface area contributed by atoms with Crippen molar-refractivity contribution in [1.29, 1.82) is 0 Å². The van der Waals surface area contributed by atoms with E-state index in [2.05, 4.69) is 0 Å². The Kier molecular flexibility index (Phi) is 5.65. The van der Waals surface area contributed by atoms with Crippen LogP contribution in [0.25, 0.3) is 0 Å². The molecule has 1 atom stereocenters. The van der Waals surface area contributed by atoms with Crippen molar-refractivity contribution < 1.29 is 19.4 Å². The summed E-state index contributed by atoms with van der Waals surface area (Å²) in [6, 6.07) is 7.35. The number of halogens is 1. The minimum Gasteiger partial charge on any atom is -0.481 e. The number of aliphatic carboxylic acids is 1. The molecule has 0 radical (unpaired) electrons. The van der Waals surface area contributed by atoms with Gasteiger partial charge >= 0.3 is 5.97 Å². The number of likely N-dealkylation sites (N-methyl/N-ethyl adjacent to an activating group) is 1. The van der Waals surface area contributed by atoms with Crippen LogP contribution >= 0.6 is 11.6 Å². The van der Waals surface area contributed by atoms with Crippen molar-refractivity contribution in [2.24, 2.45) is 5.92 Å². The van der Waals surface area contributed by atoms with Gasteiger partial charge in [0.25, 0.3) is 0 Å². The molecule has 1 aromatic rings. The maximum absolute atomic E-state index is 13.1. The highest BCUT2D eigenvalue weighted by Gasteiger charge is 2.44. The molecule has 2 rings (SSSR count). The van der Waals surface area contributed by atoms with E-state index in [0.29, 0.717) is 31.1 Å². The predicted octanol–water partition coefficient (Wildman–Crippen LogP) is 2.57. The number of amides is 1. The van der Waals surface area contributed by atoms with Gasteiger partial charge in [0.1, 0.15) is 0 Å². The van der Waals surface area contributed by atoms with Gasteiger partial charge in [-0.1, -0.05) is 36.7 Å². The molecule has 0 saturated carbocycles. The number of ether oxygens (including phenoxy) is 1. The fraction of sp³-hybridized carbons (Fsp3) is 0.529. The van der Waals surface area contributed by atoms with Gasteiger partial charge in [0.05, 0.1) is 11.3 Å². The summed E-state index contributed by atoms with van der Waals surface area (Å²) in [6.07, 6.45) is 1.09. The van der Waals surface area contributed by atoms with Crippen LogP contribution < -0.4 is 0 Å². The van der Waals surface area contributed by atoms with Crippen molar-refractivity contribution in [2.45, 2.75) is 25.2 Å². The maximum atomic E-state index is 13.1. The molecule has 0 bridgehead atoms. The van der Waals surface area contributed by atoms with E-state index in [1.165, 1.54) is 4.90 Å². The van der Waals surface area contributed by atoms with Crippen LogP contribution in [0.4, 0.5) is 0 Å². The molecule has 0 spiro atoms. The third-order valence-electron chi connectivity index (χ3n) is 4.46. The van der Waals surface area contributed by atoms with E-state index < -0.39 is 17.3 Å². The molecular formula is C17H22ClNO4. The monoisotopic (exact) mass is 339 g/mol. The highest BCUT2D eigenvalue weighted by atomic mass is 35.5. The lowest BCUT2D eigenvalue weighted by molar-refractivity contribution is -0.145. The Morgan fingerprint density at radius 2 is 1.96 bits per heavy atom. The minimum atomic E-state index is -0.913. The van der Waals surface area contributed by atoms with E-state index in [1.807, 2.05) is 18.2 Å². The van der Waals surface area contributed by atoms with Crippen LogP contribution in [0.15, 0.2) is 24.3 Å². The van der Waals surface area contributed by atoms with Crippen LogP contribution in [-0.2, 0) is 19.7 Å². The molecule has 5 nitrogen and oxygen atoms in total. The zero-order valence-electron chi connectivity index (χ0n) is 13.4. The van der Waals surface area contributed by atoms with Crippen molar-refractivity contribution >= 4 is 23.5 Å². The predicted molar refractivity (Wildman–Crippen MR) is 87.6 cm³/mol. The average molecular weight is 340 g/mol. The zero-order valence-corrected chi connectivity index (χ0v) is 14.2. The van der Waals surface area contributed by atoms with Gasteiger partial charge < -0.3 is 14.7 Å². The number of carbonyl (C=O) groups excluding carboxylic acids is 1. The van der Waals surface area contributed by atoms with Gasteiger partial charge in [0.15, 0.2) is 0 Å². The fourth-order valence-corrected chi connectivity index (χ4v) is 3.42. The Morgan fingerprint density at radius 1 is 1.35 bits per heavy atom. The summed E-state index contributed by atoms with van der Waals surface area (Å²) < 4.78 is 5.43. The quantitative estimate of drug-likeness (QED) is 0.895. The average Bonchev–Trinajstić information content (AvgIpc) is 2.55. The first kappa shape index (κ1) is 17.8. The van der Waals surface area contributed by atoms with Crippen LogP contribution in [0.5, 0.6) is 0 Å². The first-order chi connectivity index (χ1) is 10.9. The van der Waals surface area contributed by atoms with Gasteiger partial charge in [-0.15, -0.1) is 0 Å². The molecule has 0 aliphatic carbocycles. The van der Waals surface area contributed by atoms with Crippen LogP contribution in [-0.4, -0.2) is 48.7 Å². The Balaban J connectivity index is 2.33. The first-order valence-electron chi connectivity index (χ1n) is 7.69. The SMILES string of the molecule is CC(CN(C)C(=O)C1(c2ccccc2Cl)CCOCC1)C(=O)O. The van der Waals surface area contributed by atoms with Crippen molar-refractivity contribution in [3.63, 3.8) is 0 Å². The fourth-order valence-electron chi connectivity index (χ4n) is 3.10. The maximum Gasteiger partial charge on any atom is 0.308 e. The molecule has 23 heavy (non-hydrogen) atoms. The molecule has 1 amide bonds. The lowest BCUT2D eigenvalue weighted by Crippen LogP contribution is -2.50. The summed E-state index contributed by atoms with van der Waals surface area (Å²) in [5.41, 5.74) is 0.0496. The summed E-state index contributed by atoms with van der Waals surface area (Å²) in [6.45, 7) is 2.73. The first-order valence-corrected chi connectivity index (χ1v) is 8.07. The summed E-state index contributed by atoms with van der Waals surface area (Å²) in [5.74, 6) is -1.63. The van der Waals surface area contributed by atoms with Gasteiger partial charge in [-0.2, -0.15) is 0 Å². The van der Waals surface area contributed by atoms with E-state index in [0.717, 1.165) is 5.56 Å². The molecule has 6 heteroatoms. The smallest absolute Gasteiger partial charge is 0.308 e. The highest BCUT2D eigenvalue weighted by Crippen LogP contribution is 2.40. The van der Waals surface area contributed by atoms with Crippen LogP contribution in [0.2, 0.25) is 5.02 Å². The molecule has 1 aromatic carbocycles. The van der Waals surface area contributed by atoms with E-state index in [-0.39, 0.29) is 12.5 Å². The number of hydrogen-bond donors (Lipinski definition) is 1. The molecule has 1 heterocycles. The number of benzene rings is 1. The van der Waals surface area contributed by atoms with Gasteiger partial charge in [-0.3, -0.25) is 9.59 Å². The second-order valence-corrected chi connectivity index (χ2v) is 6.51. The third-order valence-corrected chi connectivity index (χ3v) is 4.79. The van der Waals surface area contributed by atoms with Gasteiger partial charge in [0, 0.05) is 31.8 Å². The van der Waals surface area contributed by atoms with E-state index in [9.17, 15) is 9.59 Å². The third kappa shape index (κ3) is 3.67. The van der Waals surface area contributed by atoms with Gasteiger partial charge in [-0.25, -0.2) is 0 Å². The lowest BCUT2D eigenvalue weighted by Gasteiger charge is -2.39. The number of carboxylic acid groups (broad SMARTS) is 1. The molecule has 0 aromatic heterocycles. The van der Waals surface area contributed by atoms with Gasteiger partial charge in [0.2, 0.25) is 5.91 Å². The molecule has 126 valence electrons. The van der Waals surface area contributed by atoms with Crippen molar-refractivity contribution in [2.75, 3.05) is 26.8 Å². The molecule has 1 saturated heterocycles. The Hall–Kier alpha value is -1.59. The molecule has 1 aliphatic rings. The number of rotatable bonds is 5. The van der Waals surface area contributed by atoms with Crippen molar-refractivity contribution in [1.82, 2.24) is 4.90 Å².